The average Bonchev–Trinajstić information content (AvgIpc) is 2.66. The van der Waals surface area contributed by atoms with E-state index in [4.69, 9.17) is 0 Å². The van der Waals surface area contributed by atoms with Crippen LogP contribution in [0, 0.1) is 0 Å². The molecule has 0 aromatic carbocycles. The number of aromatic amines is 1. The molecule has 0 radical (unpaired) electrons. The lowest BCUT2D eigenvalue weighted by Gasteiger charge is -2.13. The fourth-order valence-corrected chi connectivity index (χ4v) is 1.83. The van der Waals surface area contributed by atoms with E-state index in [1.165, 1.54) is 12.4 Å². The molecule has 0 bridgehead atoms. The molecule has 5 nitrogen and oxygen atoms in total. The first-order chi connectivity index (χ1) is 6.97. The van der Waals surface area contributed by atoms with E-state index in [0.717, 1.165) is 0 Å². The Morgan fingerprint density at radius 1 is 1.60 bits per heavy atom. The number of imidazole rings is 1. The summed E-state index contributed by atoms with van der Waals surface area (Å²) in [5, 5.41) is 0. The molecule has 8 heteroatoms. The maximum atomic E-state index is 12.1. The van der Waals surface area contributed by atoms with Crippen molar-refractivity contribution in [3.8, 4) is 0 Å². The van der Waals surface area contributed by atoms with Crippen LogP contribution in [-0.2, 0) is 10.0 Å². The van der Waals surface area contributed by atoms with Crippen molar-refractivity contribution in [3.63, 3.8) is 0 Å². The van der Waals surface area contributed by atoms with E-state index in [1.54, 1.807) is 6.92 Å². The van der Waals surface area contributed by atoms with Gasteiger partial charge in [-0.1, -0.05) is 6.92 Å². The number of alkyl halides is 2. The van der Waals surface area contributed by atoms with Crippen LogP contribution in [0.2, 0.25) is 0 Å². The normalized spacial score (nSPS) is 14.4. The SMILES string of the molecule is CCC(NS(=O)(=O)C(F)F)c1ncc[nH]1. The molecular formula is C7H11F2N3O2S. The Bertz CT molecular complexity index is 390. The molecule has 0 saturated carbocycles. The largest absolute Gasteiger partial charge is 0.350 e. The van der Waals surface area contributed by atoms with Crippen molar-refractivity contribution < 1.29 is 17.2 Å². The predicted octanol–water partition coefficient (Wildman–Crippen LogP) is 1.00. The molecule has 0 aliphatic carbocycles. The average molecular weight is 239 g/mol. The minimum absolute atomic E-state index is 0.321. The van der Waals surface area contributed by atoms with Gasteiger partial charge in [0.05, 0.1) is 6.04 Å². The molecule has 15 heavy (non-hydrogen) atoms. The molecule has 2 N–H and O–H groups in total. The van der Waals surface area contributed by atoms with Crippen LogP contribution in [0.25, 0.3) is 0 Å². The number of halogens is 2. The molecule has 0 spiro atoms. The summed E-state index contributed by atoms with van der Waals surface area (Å²) in [4.78, 5) is 6.47. The van der Waals surface area contributed by atoms with Crippen LogP contribution in [0.4, 0.5) is 8.78 Å². The lowest BCUT2D eigenvalue weighted by atomic mass is 10.2. The Balaban J connectivity index is 2.80. The fourth-order valence-electron chi connectivity index (χ4n) is 1.05. The van der Waals surface area contributed by atoms with Crippen molar-refractivity contribution in [1.29, 1.82) is 0 Å². The maximum Gasteiger partial charge on any atom is 0.350 e. The number of sulfonamides is 1. The zero-order valence-electron chi connectivity index (χ0n) is 7.94. The highest BCUT2D eigenvalue weighted by atomic mass is 32.2. The number of aromatic nitrogens is 2. The first-order valence-electron chi connectivity index (χ1n) is 4.26. The van der Waals surface area contributed by atoms with Crippen molar-refractivity contribution in [2.45, 2.75) is 25.1 Å². The molecular weight excluding hydrogens is 228 g/mol. The van der Waals surface area contributed by atoms with Crippen LogP contribution >= 0.6 is 0 Å². The monoisotopic (exact) mass is 239 g/mol. The van der Waals surface area contributed by atoms with Gasteiger partial charge >= 0.3 is 5.76 Å². The van der Waals surface area contributed by atoms with Gasteiger partial charge in [0.25, 0.3) is 10.0 Å². The highest BCUT2D eigenvalue weighted by molar-refractivity contribution is 7.89. The maximum absolute atomic E-state index is 12.1. The van der Waals surface area contributed by atoms with Gasteiger partial charge in [-0.05, 0) is 6.42 Å². The number of H-pyrrole nitrogens is 1. The summed E-state index contributed by atoms with van der Waals surface area (Å²) in [7, 11) is -4.58. The molecule has 0 amide bonds. The Morgan fingerprint density at radius 3 is 2.67 bits per heavy atom. The van der Waals surface area contributed by atoms with E-state index in [1.807, 2.05) is 4.72 Å². The smallest absolute Gasteiger partial charge is 0.347 e. The van der Waals surface area contributed by atoms with Gasteiger partial charge in [0, 0.05) is 12.4 Å². The van der Waals surface area contributed by atoms with Crippen molar-refractivity contribution in [1.82, 2.24) is 14.7 Å². The van der Waals surface area contributed by atoms with Crippen molar-refractivity contribution in [2.24, 2.45) is 0 Å². The van der Waals surface area contributed by atoms with E-state index in [0.29, 0.717) is 12.2 Å². The fraction of sp³-hybridized carbons (Fsp3) is 0.571. The van der Waals surface area contributed by atoms with Gasteiger partial charge in [-0.2, -0.15) is 13.5 Å². The number of rotatable bonds is 5. The molecule has 86 valence electrons. The molecule has 1 aromatic rings. The molecule has 1 atom stereocenters. The Kier molecular flexibility index (Phi) is 3.75. The standard InChI is InChI=1S/C7H11F2N3O2S/c1-2-5(6-10-3-4-11-6)12-15(13,14)7(8)9/h3-5,7,12H,2H2,1H3,(H,10,11). The molecule has 0 aliphatic heterocycles. The molecule has 0 saturated heterocycles. The lowest BCUT2D eigenvalue weighted by Crippen LogP contribution is -2.33. The van der Waals surface area contributed by atoms with E-state index >= 15 is 0 Å². The summed E-state index contributed by atoms with van der Waals surface area (Å²) in [6.07, 6.45) is 3.25. The third-order valence-electron chi connectivity index (χ3n) is 1.80. The highest BCUT2D eigenvalue weighted by Gasteiger charge is 2.28. The van der Waals surface area contributed by atoms with Gasteiger partial charge in [0.1, 0.15) is 5.82 Å². The van der Waals surface area contributed by atoms with E-state index < -0.39 is 21.8 Å². The van der Waals surface area contributed by atoms with E-state index in [9.17, 15) is 17.2 Å². The zero-order valence-corrected chi connectivity index (χ0v) is 8.76. The van der Waals surface area contributed by atoms with Crippen LogP contribution < -0.4 is 4.72 Å². The van der Waals surface area contributed by atoms with E-state index in [-0.39, 0.29) is 0 Å². The minimum Gasteiger partial charge on any atom is -0.347 e. The van der Waals surface area contributed by atoms with Crippen LogP contribution in [0.5, 0.6) is 0 Å². The second-order valence-corrected chi connectivity index (χ2v) is 4.54. The molecule has 1 heterocycles. The van der Waals surface area contributed by atoms with E-state index in [2.05, 4.69) is 9.97 Å². The predicted molar refractivity (Wildman–Crippen MR) is 49.7 cm³/mol. The number of hydrogen-bond acceptors (Lipinski definition) is 3. The third kappa shape index (κ3) is 2.96. The molecule has 0 aliphatic rings. The van der Waals surface area contributed by atoms with Gasteiger partial charge in [0.15, 0.2) is 0 Å². The Morgan fingerprint density at radius 2 is 2.27 bits per heavy atom. The quantitative estimate of drug-likeness (QED) is 0.805. The van der Waals surface area contributed by atoms with Crippen LogP contribution in [0.1, 0.15) is 25.2 Å². The summed E-state index contributed by atoms with van der Waals surface area (Å²) in [6, 6.07) is -0.751. The number of nitrogens with zero attached hydrogens (tertiary/aromatic N) is 1. The number of nitrogens with one attached hydrogen (secondary N) is 2. The first kappa shape index (κ1) is 12.1. The second-order valence-electron chi connectivity index (χ2n) is 2.86. The summed E-state index contributed by atoms with van der Waals surface area (Å²) in [5.74, 6) is -3.11. The molecule has 0 fully saturated rings. The third-order valence-corrected chi connectivity index (χ3v) is 2.88. The highest BCUT2D eigenvalue weighted by Crippen LogP contribution is 2.15. The van der Waals surface area contributed by atoms with Gasteiger partial charge in [-0.3, -0.25) is 0 Å². The zero-order chi connectivity index (χ0) is 11.5. The molecule has 1 aromatic heterocycles. The number of hydrogen-bond donors (Lipinski definition) is 2. The lowest BCUT2D eigenvalue weighted by molar-refractivity contribution is 0.231. The van der Waals surface area contributed by atoms with Gasteiger partial charge in [-0.15, -0.1) is 0 Å². The van der Waals surface area contributed by atoms with Crippen molar-refractivity contribution >= 4 is 10.0 Å². The van der Waals surface area contributed by atoms with Crippen LogP contribution in [-0.4, -0.2) is 24.1 Å². The first-order valence-corrected chi connectivity index (χ1v) is 5.80. The van der Waals surface area contributed by atoms with Crippen LogP contribution in [0.3, 0.4) is 0 Å². The minimum atomic E-state index is -4.58. The van der Waals surface area contributed by atoms with Crippen molar-refractivity contribution in [3.05, 3.63) is 18.2 Å². The molecule has 1 unspecified atom stereocenters. The van der Waals surface area contributed by atoms with Gasteiger partial charge in [-0.25, -0.2) is 13.4 Å². The van der Waals surface area contributed by atoms with Gasteiger partial charge in [0.2, 0.25) is 0 Å². The van der Waals surface area contributed by atoms with Crippen LogP contribution in [0.15, 0.2) is 12.4 Å². The summed E-state index contributed by atoms with van der Waals surface area (Å²) in [5.41, 5.74) is 0. The summed E-state index contributed by atoms with van der Waals surface area (Å²) in [6.45, 7) is 1.67. The van der Waals surface area contributed by atoms with Crippen molar-refractivity contribution in [2.75, 3.05) is 0 Å². The molecule has 1 rings (SSSR count). The summed E-state index contributed by atoms with van der Waals surface area (Å²) < 4.78 is 47.8. The second kappa shape index (κ2) is 4.67. The topological polar surface area (TPSA) is 74.8 Å². The summed E-state index contributed by atoms with van der Waals surface area (Å²) >= 11 is 0. The van der Waals surface area contributed by atoms with Gasteiger partial charge < -0.3 is 4.98 Å². The Hall–Kier alpha value is -1.02. The Labute approximate surface area is 86.0 Å².